The molecule has 0 aliphatic rings. The minimum absolute atomic E-state index is 0. The fourth-order valence-electron chi connectivity index (χ4n) is 0.335. The van der Waals surface area contributed by atoms with Crippen molar-refractivity contribution in [2.75, 3.05) is 13.6 Å². The second kappa shape index (κ2) is 4.57. The SMILES string of the molecule is [CH2-]CN(C)[Si](C)(C)C.[Li+]. The fraction of sp³-hybridized carbons (Fsp3) is 0.833. The zero-order chi connectivity index (χ0) is 6.78. The van der Waals surface area contributed by atoms with E-state index in [-0.39, 0.29) is 18.9 Å². The Kier molecular flexibility index (Phi) is 6.32. The van der Waals surface area contributed by atoms with E-state index in [1.54, 1.807) is 0 Å². The molecular weight excluding hydrogens is 121 g/mol. The zero-order valence-corrected chi connectivity index (χ0v) is 8.36. The number of rotatable bonds is 2. The molecule has 0 fully saturated rings. The van der Waals surface area contributed by atoms with Gasteiger partial charge in [0.25, 0.3) is 0 Å². The van der Waals surface area contributed by atoms with E-state index in [1.807, 2.05) is 0 Å². The molecule has 0 aromatic carbocycles. The molecule has 0 N–H and O–H groups in total. The summed E-state index contributed by atoms with van der Waals surface area (Å²) < 4.78 is 2.34. The molecule has 0 heterocycles. The first-order valence-electron chi connectivity index (χ1n) is 2.99. The van der Waals surface area contributed by atoms with Crippen LogP contribution in [-0.4, -0.2) is 26.4 Å². The Labute approximate surface area is 72.1 Å². The van der Waals surface area contributed by atoms with Crippen molar-refractivity contribution >= 4 is 8.24 Å². The molecule has 0 unspecified atom stereocenters. The Morgan fingerprint density at radius 1 is 1.33 bits per heavy atom. The van der Waals surface area contributed by atoms with Crippen LogP contribution >= 0.6 is 0 Å². The van der Waals surface area contributed by atoms with Crippen LogP contribution in [0.25, 0.3) is 0 Å². The second-order valence-electron chi connectivity index (χ2n) is 3.09. The molecule has 0 saturated carbocycles. The Hall–Kier alpha value is 0.774. The van der Waals surface area contributed by atoms with Gasteiger partial charge in [-0.15, -0.1) is 6.54 Å². The molecule has 0 amide bonds. The summed E-state index contributed by atoms with van der Waals surface area (Å²) in [5.41, 5.74) is 0. The second-order valence-corrected chi connectivity index (χ2v) is 8.20. The van der Waals surface area contributed by atoms with E-state index >= 15 is 0 Å². The van der Waals surface area contributed by atoms with E-state index in [9.17, 15) is 0 Å². The summed E-state index contributed by atoms with van der Waals surface area (Å²) in [6.07, 6.45) is 0. The molecular formula is C6H16LiNSi. The van der Waals surface area contributed by atoms with E-state index < -0.39 is 8.24 Å². The quantitative estimate of drug-likeness (QED) is 0.334. The fourth-order valence-corrected chi connectivity index (χ4v) is 1.01. The maximum atomic E-state index is 3.81. The van der Waals surface area contributed by atoms with Crippen molar-refractivity contribution in [2.45, 2.75) is 19.6 Å². The largest absolute Gasteiger partial charge is 1.00 e. The third-order valence-corrected chi connectivity index (χ3v) is 3.99. The van der Waals surface area contributed by atoms with Crippen molar-refractivity contribution in [2.24, 2.45) is 0 Å². The van der Waals surface area contributed by atoms with Crippen molar-refractivity contribution < 1.29 is 18.9 Å². The Morgan fingerprint density at radius 2 is 1.67 bits per heavy atom. The molecule has 50 valence electrons. The van der Waals surface area contributed by atoms with Gasteiger partial charge < -0.3 is 11.5 Å². The predicted octanol–water partition coefficient (Wildman–Crippen LogP) is -1.41. The van der Waals surface area contributed by atoms with Gasteiger partial charge in [0.1, 0.15) is 8.24 Å². The van der Waals surface area contributed by atoms with Crippen molar-refractivity contribution in [3.63, 3.8) is 0 Å². The summed E-state index contributed by atoms with van der Waals surface area (Å²) in [7, 11) is 1.15. The molecule has 0 aromatic rings. The molecule has 3 heteroatoms. The molecule has 0 radical (unpaired) electrons. The molecule has 0 atom stereocenters. The van der Waals surface area contributed by atoms with Crippen molar-refractivity contribution in [3.05, 3.63) is 6.92 Å². The molecule has 0 aliphatic carbocycles. The van der Waals surface area contributed by atoms with E-state index in [4.69, 9.17) is 0 Å². The van der Waals surface area contributed by atoms with E-state index in [0.29, 0.717) is 0 Å². The molecule has 9 heavy (non-hydrogen) atoms. The topological polar surface area (TPSA) is 3.24 Å². The van der Waals surface area contributed by atoms with Crippen LogP contribution < -0.4 is 18.9 Å². The summed E-state index contributed by atoms with van der Waals surface area (Å²) in [6.45, 7) is 11.7. The van der Waals surface area contributed by atoms with Crippen molar-refractivity contribution in [1.29, 1.82) is 0 Å². The number of hydrogen-bond acceptors (Lipinski definition) is 1. The summed E-state index contributed by atoms with van der Waals surface area (Å²) in [6, 6.07) is 0. The van der Waals surface area contributed by atoms with Gasteiger partial charge in [-0.25, -0.2) is 0 Å². The minimum Gasteiger partial charge on any atom is -0.356 e. The third kappa shape index (κ3) is 5.23. The number of hydrogen-bond donors (Lipinski definition) is 0. The predicted molar refractivity (Wildman–Crippen MR) is 41.3 cm³/mol. The standard InChI is InChI=1S/C6H16NSi.Li/c1-6-7(2)8(3,4)5;/h1,6H2,2-5H3;/q-1;+1. The van der Waals surface area contributed by atoms with E-state index in [1.165, 1.54) is 0 Å². The van der Waals surface area contributed by atoms with Gasteiger partial charge in [0, 0.05) is 0 Å². The number of nitrogens with zero attached hydrogens (tertiary/aromatic N) is 1. The van der Waals surface area contributed by atoms with Gasteiger partial charge in [-0.1, -0.05) is 19.6 Å². The molecule has 0 saturated heterocycles. The first-order chi connectivity index (χ1) is 3.48. The molecule has 0 aliphatic heterocycles. The Morgan fingerprint density at radius 3 is 1.67 bits per heavy atom. The van der Waals surface area contributed by atoms with Gasteiger partial charge in [-0.05, 0) is 7.05 Å². The van der Waals surface area contributed by atoms with Gasteiger partial charge in [-0.2, -0.15) is 0 Å². The monoisotopic (exact) mass is 137 g/mol. The average molecular weight is 137 g/mol. The van der Waals surface area contributed by atoms with Crippen LogP contribution in [0, 0.1) is 6.92 Å². The van der Waals surface area contributed by atoms with Gasteiger partial charge in [0.2, 0.25) is 0 Å². The van der Waals surface area contributed by atoms with Crippen LogP contribution in [0.5, 0.6) is 0 Å². The van der Waals surface area contributed by atoms with Crippen LogP contribution in [0.1, 0.15) is 0 Å². The summed E-state index contributed by atoms with van der Waals surface area (Å²) in [4.78, 5) is 0. The Bertz CT molecular complexity index is 69.9. The molecule has 0 bridgehead atoms. The summed E-state index contributed by atoms with van der Waals surface area (Å²) in [5, 5.41) is 0. The zero-order valence-electron chi connectivity index (χ0n) is 7.36. The van der Waals surface area contributed by atoms with Gasteiger partial charge in [-0.3, -0.25) is 0 Å². The van der Waals surface area contributed by atoms with Gasteiger partial charge in [0.05, 0.1) is 0 Å². The first kappa shape index (κ1) is 12.5. The first-order valence-corrected chi connectivity index (χ1v) is 6.43. The smallest absolute Gasteiger partial charge is 0.356 e. The average Bonchev–Trinajstić information content (AvgIpc) is 1.62. The molecule has 0 aromatic heterocycles. The van der Waals surface area contributed by atoms with Crippen LogP contribution in [0.4, 0.5) is 0 Å². The van der Waals surface area contributed by atoms with Crippen LogP contribution in [0.15, 0.2) is 0 Å². The maximum absolute atomic E-state index is 3.81. The molecule has 0 rings (SSSR count). The Balaban J connectivity index is 0. The minimum atomic E-state index is -0.990. The third-order valence-electron chi connectivity index (χ3n) is 1.48. The van der Waals surface area contributed by atoms with Crippen LogP contribution in [-0.2, 0) is 0 Å². The van der Waals surface area contributed by atoms with Crippen molar-refractivity contribution in [3.8, 4) is 0 Å². The van der Waals surface area contributed by atoms with Crippen LogP contribution in [0.3, 0.4) is 0 Å². The van der Waals surface area contributed by atoms with Crippen LogP contribution in [0.2, 0.25) is 19.6 Å². The van der Waals surface area contributed by atoms with Crippen molar-refractivity contribution in [1.82, 2.24) is 4.57 Å². The van der Waals surface area contributed by atoms with E-state index in [2.05, 4.69) is 38.2 Å². The van der Waals surface area contributed by atoms with E-state index in [0.717, 1.165) is 6.54 Å². The van der Waals surface area contributed by atoms with Gasteiger partial charge >= 0.3 is 18.9 Å². The molecule has 0 spiro atoms. The van der Waals surface area contributed by atoms with Gasteiger partial charge in [0.15, 0.2) is 0 Å². The molecule has 1 nitrogen and oxygen atoms in total. The summed E-state index contributed by atoms with van der Waals surface area (Å²) >= 11 is 0. The maximum Gasteiger partial charge on any atom is 1.00 e. The summed E-state index contributed by atoms with van der Waals surface area (Å²) in [5.74, 6) is 0. The normalized spacial score (nSPS) is 11.3.